The van der Waals surface area contributed by atoms with Crippen molar-refractivity contribution in [3.05, 3.63) is 29.8 Å². The van der Waals surface area contributed by atoms with Crippen LogP contribution < -0.4 is 16.0 Å². The number of hydrogen-bond acceptors (Lipinski definition) is 4. The van der Waals surface area contributed by atoms with Gasteiger partial charge in [0.05, 0.1) is 13.2 Å². The summed E-state index contributed by atoms with van der Waals surface area (Å²) in [5, 5.41) is 3.05. The number of rotatable bonds is 3. The van der Waals surface area contributed by atoms with Gasteiger partial charge in [-0.1, -0.05) is 0 Å². The molecule has 0 aromatic heterocycles. The van der Waals surface area contributed by atoms with Gasteiger partial charge in [-0.2, -0.15) is 0 Å². The van der Waals surface area contributed by atoms with Gasteiger partial charge in [-0.05, 0) is 43.5 Å². The van der Waals surface area contributed by atoms with Crippen molar-refractivity contribution in [1.82, 2.24) is 5.32 Å². The van der Waals surface area contributed by atoms with Crippen molar-refractivity contribution in [2.24, 2.45) is 5.73 Å². The van der Waals surface area contributed by atoms with E-state index in [9.17, 15) is 4.79 Å². The third kappa shape index (κ3) is 3.36. The second kappa shape index (κ2) is 6.45. The lowest BCUT2D eigenvalue weighted by Crippen LogP contribution is -2.44. The smallest absolute Gasteiger partial charge is 0.251 e. The molecule has 1 aliphatic carbocycles. The Morgan fingerprint density at radius 3 is 2.52 bits per heavy atom. The van der Waals surface area contributed by atoms with Gasteiger partial charge in [0.2, 0.25) is 0 Å². The van der Waals surface area contributed by atoms with E-state index in [0.29, 0.717) is 5.56 Å². The maximum absolute atomic E-state index is 12.2. The highest BCUT2D eigenvalue weighted by Crippen LogP contribution is 2.19. The molecule has 21 heavy (non-hydrogen) atoms. The standard InChI is InChI=1S/C16H23N3O2/c17-14-2-1-3-15(14)18-16(20)12-4-6-13(7-5-12)19-8-10-21-11-9-19/h4-7,14-15H,1-3,8-11,17H2,(H,18,20). The second-order valence-corrected chi connectivity index (χ2v) is 5.82. The molecule has 1 saturated carbocycles. The molecule has 0 radical (unpaired) electrons. The molecule has 2 unspecified atom stereocenters. The Bertz CT molecular complexity index is 483. The molecule has 1 aromatic carbocycles. The molecule has 5 heteroatoms. The van der Waals surface area contributed by atoms with Crippen LogP contribution in [0.25, 0.3) is 0 Å². The maximum Gasteiger partial charge on any atom is 0.251 e. The summed E-state index contributed by atoms with van der Waals surface area (Å²) in [6, 6.07) is 8.02. The Hall–Kier alpha value is -1.59. The summed E-state index contributed by atoms with van der Waals surface area (Å²) in [5.74, 6) is -0.0223. The van der Waals surface area contributed by atoms with E-state index >= 15 is 0 Å². The van der Waals surface area contributed by atoms with Gasteiger partial charge in [0, 0.05) is 36.4 Å². The highest BCUT2D eigenvalue weighted by Gasteiger charge is 2.25. The largest absolute Gasteiger partial charge is 0.378 e. The van der Waals surface area contributed by atoms with E-state index in [0.717, 1.165) is 51.3 Å². The van der Waals surface area contributed by atoms with Crippen molar-refractivity contribution in [2.75, 3.05) is 31.2 Å². The van der Waals surface area contributed by atoms with E-state index in [1.54, 1.807) is 0 Å². The first kappa shape index (κ1) is 14.4. The summed E-state index contributed by atoms with van der Waals surface area (Å²) >= 11 is 0. The maximum atomic E-state index is 12.2. The Morgan fingerprint density at radius 1 is 1.19 bits per heavy atom. The Labute approximate surface area is 125 Å². The number of morpholine rings is 1. The molecular formula is C16H23N3O2. The molecule has 3 N–H and O–H groups in total. The van der Waals surface area contributed by atoms with Crippen molar-refractivity contribution >= 4 is 11.6 Å². The third-order valence-electron chi connectivity index (χ3n) is 4.39. The molecule has 1 aromatic rings. The Kier molecular flexibility index (Phi) is 4.41. The molecule has 1 aliphatic heterocycles. The van der Waals surface area contributed by atoms with Crippen LogP contribution >= 0.6 is 0 Å². The number of hydrogen-bond donors (Lipinski definition) is 2. The fourth-order valence-electron chi connectivity index (χ4n) is 3.06. The molecule has 2 aliphatic rings. The van der Waals surface area contributed by atoms with Crippen LogP contribution in [0.15, 0.2) is 24.3 Å². The van der Waals surface area contributed by atoms with Crippen molar-refractivity contribution < 1.29 is 9.53 Å². The van der Waals surface area contributed by atoms with E-state index in [-0.39, 0.29) is 18.0 Å². The van der Waals surface area contributed by atoms with E-state index in [4.69, 9.17) is 10.5 Å². The average molecular weight is 289 g/mol. The number of carbonyl (C=O) groups excluding carboxylic acids is 1. The van der Waals surface area contributed by atoms with Gasteiger partial charge >= 0.3 is 0 Å². The van der Waals surface area contributed by atoms with Crippen molar-refractivity contribution in [3.8, 4) is 0 Å². The second-order valence-electron chi connectivity index (χ2n) is 5.82. The molecule has 1 amide bonds. The lowest BCUT2D eigenvalue weighted by Gasteiger charge is -2.28. The predicted molar refractivity (Wildman–Crippen MR) is 82.6 cm³/mol. The predicted octanol–water partition coefficient (Wildman–Crippen LogP) is 1.13. The number of amides is 1. The molecule has 0 spiro atoms. The number of nitrogens with one attached hydrogen (secondary N) is 1. The molecule has 0 bridgehead atoms. The monoisotopic (exact) mass is 289 g/mol. The van der Waals surface area contributed by atoms with Crippen LogP contribution in [0, 0.1) is 0 Å². The van der Waals surface area contributed by atoms with Gasteiger partial charge in [0.15, 0.2) is 0 Å². The number of nitrogens with two attached hydrogens (primary N) is 1. The Morgan fingerprint density at radius 2 is 1.90 bits per heavy atom. The SMILES string of the molecule is NC1CCCC1NC(=O)c1ccc(N2CCOCC2)cc1. The van der Waals surface area contributed by atoms with Gasteiger partial charge in [0.1, 0.15) is 0 Å². The molecular weight excluding hydrogens is 266 g/mol. The van der Waals surface area contributed by atoms with E-state index < -0.39 is 0 Å². The lowest BCUT2D eigenvalue weighted by atomic mass is 10.1. The van der Waals surface area contributed by atoms with Crippen LogP contribution in [0.5, 0.6) is 0 Å². The van der Waals surface area contributed by atoms with Crippen LogP contribution in [0.2, 0.25) is 0 Å². The molecule has 114 valence electrons. The van der Waals surface area contributed by atoms with Crippen LogP contribution in [-0.4, -0.2) is 44.3 Å². The summed E-state index contributed by atoms with van der Waals surface area (Å²) in [5.41, 5.74) is 7.84. The normalized spacial score (nSPS) is 25.9. The van der Waals surface area contributed by atoms with Gasteiger partial charge < -0.3 is 20.7 Å². The van der Waals surface area contributed by atoms with Gasteiger partial charge in [-0.25, -0.2) is 0 Å². The van der Waals surface area contributed by atoms with E-state index in [1.165, 1.54) is 0 Å². The van der Waals surface area contributed by atoms with E-state index in [2.05, 4.69) is 10.2 Å². The molecule has 1 heterocycles. The van der Waals surface area contributed by atoms with Crippen LogP contribution in [-0.2, 0) is 4.74 Å². The zero-order valence-corrected chi connectivity index (χ0v) is 12.3. The minimum Gasteiger partial charge on any atom is -0.378 e. The summed E-state index contributed by atoms with van der Waals surface area (Å²) in [7, 11) is 0. The fraction of sp³-hybridized carbons (Fsp3) is 0.562. The minimum absolute atomic E-state index is 0.0223. The molecule has 1 saturated heterocycles. The summed E-state index contributed by atoms with van der Waals surface area (Å²) < 4.78 is 5.35. The summed E-state index contributed by atoms with van der Waals surface area (Å²) in [4.78, 5) is 14.5. The topological polar surface area (TPSA) is 67.6 Å². The number of carbonyl (C=O) groups is 1. The summed E-state index contributed by atoms with van der Waals surface area (Å²) in [6.07, 6.45) is 3.09. The zero-order chi connectivity index (χ0) is 14.7. The number of ether oxygens (including phenoxy) is 1. The van der Waals surface area contributed by atoms with Crippen molar-refractivity contribution in [3.63, 3.8) is 0 Å². The van der Waals surface area contributed by atoms with Crippen LogP contribution in [0.3, 0.4) is 0 Å². The molecule has 5 nitrogen and oxygen atoms in total. The molecule has 2 fully saturated rings. The van der Waals surface area contributed by atoms with Crippen LogP contribution in [0.1, 0.15) is 29.6 Å². The van der Waals surface area contributed by atoms with Gasteiger partial charge in [-0.15, -0.1) is 0 Å². The minimum atomic E-state index is -0.0223. The van der Waals surface area contributed by atoms with E-state index in [1.807, 2.05) is 24.3 Å². The molecule has 2 atom stereocenters. The number of anilines is 1. The highest BCUT2D eigenvalue weighted by atomic mass is 16.5. The number of benzene rings is 1. The lowest BCUT2D eigenvalue weighted by molar-refractivity contribution is 0.0934. The summed E-state index contributed by atoms with van der Waals surface area (Å²) in [6.45, 7) is 3.34. The highest BCUT2D eigenvalue weighted by molar-refractivity contribution is 5.94. The first-order valence-corrected chi connectivity index (χ1v) is 7.73. The first-order chi connectivity index (χ1) is 10.2. The molecule has 3 rings (SSSR count). The Balaban J connectivity index is 1.61. The van der Waals surface area contributed by atoms with Crippen molar-refractivity contribution in [1.29, 1.82) is 0 Å². The van der Waals surface area contributed by atoms with Gasteiger partial charge in [0.25, 0.3) is 5.91 Å². The van der Waals surface area contributed by atoms with Crippen LogP contribution in [0.4, 0.5) is 5.69 Å². The van der Waals surface area contributed by atoms with Crippen molar-refractivity contribution in [2.45, 2.75) is 31.3 Å². The third-order valence-corrected chi connectivity index (χ3v) is 4.39. The average Bonchev–Trinajstić information content (AvgIpc) is 2.93. The zero-order valence-electron chi connectivity index (χ0n) is 12.3. The first-order valence-electron chi connectivity index (χ1n) is 7.73. The fourth-order valence-corrected chi connectivity index (χ4v) is 3.06. The quantitative estimate of drug-likeness (QED) is 0.875. The van der Waals surface area contributed by atoms with Gasteiger partial charge in [-0.3, -0.25) is 4.79 Å². The number of nitrogens with zero attached hydrogens (tertiary/aromatic N) is 1.